The first-order valence-electron chi connectivity index (χ1n) is 9.14. The molecule has 2 aromatic carbocycles. The number of methoxy groups -OCH3 is 1. The first kappa shape index (κ1) is 20.6. The molecule has 29 heavy (non-hydrogen) atoms. The molecule has 1 heterocycles. The van der Waals surface area contributed by atoms with Crippen LogP contribution in [0, 0.1) is 0 Å². The van der Waals surface area contributed by atoms with Gasteiger partial charge in [-0.1, -0.05) is 24.2 Å². The van der Waals surface area contributed by atoms with Gasteiger partial charge in [-0.2, -0.15) is 0 Å². The molecule has 1 aromatic heterocycles. The molecule has 0 radical (unpaired) electrons. The quantitative estimate of drug-likeness (QED) is 0.606. The SMILES string of the molecule is CCCS(=O)(=O)c1ccc(-c2cc(C(=O)NCc3ccc(OC)cc3)no2)cc1. The van der Waals surface area contributed by atoms with E-state index in [0.717, 1.165) is 11.3 Å². The number of nitrogens with one attached hydrogen (secondary N) is 1. The van der Waals surface area contributed by atoms with Gasteiger partial charge in [-0.05, 0) is 48.4 Å². The molecule has 1 amide bonds. The molecule has 0 atom stereocenters. The normalized spacial score (nSPS) is 11.2. The Morgan fingerprint density at radius 2 is 1.79 bits per heavy atom. The largest absolute Gasteiger partial charge is 0.497 e. The molecule has 1 N–H and O–H groups in total. The zero-order valence-electron chi connectivity index (χ0n) is 16.2. The third-order valence-corrected chi connectivity index (χ3v) is 6.26. The van der Waals surface area contributed by atoms with Crippen molar-refractivity contribution in [2.75, 3.05) is 12.9 Å². The molecule has 8 heteroatoms. The Kier molecular flexibility index (Phi) is 6.33. The van der Waals surface area contributed by atoms with Gasteiger partial charge >= 0.3 is 0 Å². The Hall–Kier alpha value is -3.13. The van der Waals surface area contributed by atoms with E-state index < -0.39 is 9.84 Å². The summed E-state index contributed by atoms with van der Waals surface area (Å²) in [5.74, 6) is 0.874. The Bertz CT molecular complexity index is 1070. The number of hydrogen-bond donors (Lipinski definition) is 1. The number of carbonyl (C=O) groups excluding carboxylic acids is 1. The van der Waals surface area contributed by atoms with E-state index in [-0.39, 0.29) is 22.2 Å². The van der Waals surface area contributed by atoms with Gasteiger partial charge < -0.3 is 14.6 Å². The minimum Gasteiger partial charge on any atom is -0.497 e. The maximum absolute atomic E-state index is 12.3. The smallest absolute Gasteiger partial charge is 0.273 e. The van der Waals surface area contributed by atoms with Gasteiger partial charge in [0.15, 0.2) is 21.3 Å². The van der Waals surface area contributed by atoms with Gasteiger partial charge in [-0.15, -0.1) is 0 Å². The van der Waals surface area contributed by atoms with Crippen LogP contribution in [0.5, 0.6) is 5.75 Å². The van der Waals surface area contributed by atoms with Gasteiger partial charge in [0, 0.05) is 18.2 Å². The molecule has 152 valence electrons. The summed E-state index contributed by atoms with van der Waals surface area (Å²) in [5.41, 5.74) is 1.71. The zero-order chi connectivity index (χ0) is 20.9. The van der Waals surface area contributed by atoms with Crippen LogP contribution in [-0.2, 0) is 16.4 Å². The lowest BCUT2D eigenvalue weighted by molar-refractivity contribution is 0.0942. The fourth-order valence-corrected chi connectivity index (χ4v) is 4.07. The fraction of sp³-hybridized carbons (Fsp3) is 0.238. The standard InChI is InChI=1S/C21H22N2O5S/c1-3-12-29(25,26)18-10-6-16(7-11-18)20-13-19(23-28-20)21(24)22-14-15-4-8-17(27-2)9-5-15/h4-11,13H,3,12,14H2,1-2H3,(H,22,24). The molecule has 3 rings (SSSR count). The van der Waals surface area contributed by atoms with E-state index >= 15 is 0 Å². The van der Waals surface area contributed by atoms with E-state index in [0.29, 0.717) is 24.3 Å². The van der Waals surface area contributed by atoms with Gasteiger partial charge in [0.2, 0.25) is 0 Å². The second-order valence-electron chi connectivity index (χ2n) is 6.45. The van der Waals surface area contributed by atoms with Crippen LogP contribution in [0.25, 0.3) is 11.3 Å². The van der Waals surface area contributed by atoms with Gasteiger partial charge in [0.25, 0.3) is 5.91 Å². The van der Waals surface area contributed by atoms with Crippen molar-refractivity contribution in [3.8, 4) is 17.1 Å². The van der Waals surface area contributed by atoms with Crippen LogP contribution < -0.4 is 10.1 Å². The van der Waals surface area contributed by atoms with Crippen molar-refractivity contribution < 1.29 is 22.5 Å². The van der Waals surface area contributed by atoms with Crippen molar-refractivity contribution in [2.45, 2.75) is 24.8 Å². The monoisotopic (exact) mass is 414 g/mol. The maximum atomic E-state index is 12.3. The lowest BCUT2D eigenvalue weighted by Crippen LogP contribution is -2.22. The first-order chi connectivity index (χ1) is 13.9. The molecule has 0 saturated carbocycles. The molecular weight excluding hydrogens is 392 g/mol. The summed E-state index contributed by atoms with van der Waals surface area (Å²) >= 11 is 0. The number of hydrogen-bond acceptors (Lipinski definition) is 6. The molecule has 7 nitrogen and oxygen atoms in total. The molecule has 0 aliphatic heterocycles. The van der Waals surface area contributed by atoms with E-state index in [1.807, 2.05) is 31.2 Å². The van der Waals surface area contributed by atoms with E-state index in [4.69, 9.17) is 9.26 Å². The summed E-state index contributed by atoms with van der Waals surface area (Å²) in [4.78, 5) is 12.6. The van der Waals surface area contributed by atoms with E-state index in [1.165, 1.54) is 18.2 Å². The molecule has 0 aliphatic rings. The summed E-state index contributed by atoms with van der Waals surface area (Å²) in [7, 11) is -1.68. The van der Waals surface area contributed by atoms with Gasteiger partial charge in [-0.25, -0.2) is 8.42 Å². The summed E-state index contributed by atoms with van der Waals surface area (Å²) in [6.45, 7) is 2.16. The van der Waals surface area contributed by atoms with Gasteiger partial charge in [-0.3, -0.25) is 4.79 Å². The third kappa shape index (κ3) is 5.03. The Morgan fingerprint density at radius 1 is 1.10 bits per heavy atom. The number of benzene rings is 2. The van der Waals surface area contributed by atoms with Crippen LogP contribution in [0.3, 0.4) is 0 Å². The lowest BCUT2D eigenvalue weighted by atomic mass is 10.1. The number of nitrogens with zero attached hydrogens (tertiary/aromatic N) is 1. The van der Waals surface area contributed by atoms with Crippen LogP contribution in [0.4, 0.5) is 0 Å². The highest BCUT2D eigenvalue weighted by atomic mass is 32.2. The van der Waals surface area contributed by atoms with Crippen molar-refractivity contribution in [2.24, 2.45) is 0 Å². The molecule has 0 unspecified atom stereocenters. The molecule has 0 aliphatic carbocycles. The van der Waals surface area contributed by atoms with E-state index in [1.54, 1.807) is 19.2 Å². The highest BCUT2D eigenvalue weighted by molar-refractivity contribution is 7.91. The summed E-state index contributed by atoms with van der Waals surface area (Å²) in [6.07, 6.45) is 0.557. The Balaban J connectivity index is 1.65. The number of aromatic nitrogens is 1. The minimum atomic E-state index is -3.27. The predicted octanol–water partition coefficient (Wildman–Crippen LogP) is 3.46. The second kappa shape index (κ2) is 8.91. The van der Waals surface area contributed by atoms with E-state index in [2.05, 4.69) is 10.5 Å². The highest BCUT2D eigenvalue weighted by Gasteiger charge is 2.16. The molecule has 0 bridgehead atoms. The van der Waals surface area contributed by atoms with Crippen LogP contribution in [0.2, 0.25) is 0 Å². The zero-order valence-corrected chi connectivity index (χ0v) is 17.0. The van der Waals surface area contributed by atoms with E-state index in [9.17, 15) is 13.2 Å². The predicted molar refractivity (Wildman–Crippen MR) is 108 cm³/mol. The Labute approximate surface area is 169 Å². The van der Waals surface area contributed by atoms with Crippen LogP contribution >= 0.6 is 0 Å². The second-order valence-corrected chi connectivity index (χ2v) is 8.56. The first-order valence-corrected chi connectivity index (χ1v) is 10.8. The number of sulfone groups is 1. The average Bonchev–Trinajstić information content (AvgIpc) is 3.23. The van der Waals surface area contributed by atoms with Crippen LogP contribution in [0.1, 0.15) is 29.4 Å². The van der Waals surface area contributed by atoms with Gasteiger partial charge in [0.1, 0.15) is 5.75 Å². The van der Waals surface area contributed by atoms with Crippen molar-refractivity contribution in [1.29, 1.82) is 0 Å². The molecular formula is C21H22N2O5S. The average molecular weight is 414 g/mol. The van der Waals surface area contributed by atoms with Crippen molar-refractivity contribution in [1.82, 2.24) is 10.5 Å². The van der Waals surface area contributed by atoms with Crippen LogP contribution in [-0.4, -0.2) is 32.3 Å². The number of rotatable bonds is 8. The summed E-state index contributed by atoms with van der Waals surface area (Å²) in [5, 5.41) is 6.59. The number of amides is 1. The summed E-state index contributed by atoms with van der Waals surface area (Å²) in [6, 6.07) is 15.2. The fourth-order valence-electron chi connectivity index (χ4n) is 2.75. The lowest BCUT2D eigenvalue weighted by Gasteiger charge is -2.04. The topological polar surface area (TPSA) is 98.5 Å². The summed E-state index contributed by atoms with van der Waals surface area (Å²) < 4.78 is 34.6. The molecule has 0 fully saturated rings. The molecule has 3 aromatic rings. The molecule has 0 saturated heterocycles. The number of ether oxygens (including phenoxy) is 1. The highest BCUT2D eigenvalue weighted by Crippen LogP contribution is 2.23. The van der Waals surface area contributed by atoms with Crippen molar-refractivity contribution in [3.63, 3.8) is 0 Å². The van der Waals surface area contributed by atoms with Gasteiger partial charge in [0.05, 0.1) is 17.8 Å². The molecule has 0 spiro atoms. The van der Waals surface area contributed by atoms with Crippen molar-refractivity contribution >= 4 is 15.7 Å². The maximum Gasteiger partial charge on any atom is 0.273 e. The van der Waals surface area contributed by atoms with Crippen LogP contribution in [0.15, 0.2) is 64.0 Å². The van der Waals surface area contributed by atoms with Crippen molar-refractivity contribution in [3.05, 3.63) is 65.9 Å². The Morgan fingerprint density at radius 3 is 2.41 bits per heavy atom. The minimum absolute atomic E-state index is 0.104. The third-order valence-electron chi connectivity index (χ3n) is 4.33. The number of carbonyl (C=O) groups is 1.